The summed E-state index contributed by atoms with van der Waals surface area (Å²) >= 11 is 0. The summed E-state index contributed by atoms with van der Waals surface area (Å²) in [5, 5.41) is 16.2. The summed E-state index contributed by atoms with van der Waals surface area (Å²) in [7, 11) is 0. The van der Waals surface area contributed by atoms with Gasteiger partial charge in [-0.05, 0) is 31.9 Å². The highest BCUT2D eigenvalue weighted by Gasteiger charge is 2.27. The minimum Gasteiger partial charge on any atom is -0.435 e. The van der Waals surface area contributed by atoms with Gasteiger partial charge in [-0.25, -0.2) is 9.97 Å². The molecule has 0 radical (unpaired) electrons. The van der Waals surface area contributed by atoms with Crippen molar-refractivity contribution in [3.8, 4) is 17.7 Å². The van der Waals surface area contributed by atoms with E-state index in [0.717, 1.165) is 31.7 Å². The van der Waals surface area contributed by atoms with Crippen molar-refractivity contribution in [2.45, 2.75) is 25.3 Å². The molecule has 26 heavy (non-hydrogen) atoms. The Kier molecular flexibility index (Phi) is 3.93. The van der Waals surface area contributed by atoms with E-state index in [-0.39, 0.29) is 5.54 Å². The number of nitrogens with one attached hydrogen (secondary N) is 1. The number of nitrogens with two attached hydrogens (primary N) is 1. The summed E-state index contributed by atoms with van der Waals surface area (Å²) in [5.41, 5.74) is 7.59. The van der Waals surface area contributed by atoms with Gasteiger partial charge in [0.2, 0.25) is 0 Å². The van der Waals surface area contributed by atoms with Gasteiger partial charge in [0.15, 0.2) is 11.2 Å². The summed E-state index contributed by atoms with van der Waals surface area (Å²) in [6.45, 7) is 3.78. The predicted octanol–water partition coefficient (Wildman–Crippen LogP) is 2.33. The number of para-hydroxylation sites is 1. The Bertz CT molecular complexity index is 979. The molecule has 8 nitrogen and oxygen atoms in total. The molecule has 0 atom stereocenters. The smallest absolute Gasteiger partial charge is 0.266 e. The summed E-state index contributed by atoms with van der Waals surface area (Å²) in [6, 6.07) is 9.09. The lowest BCUT2D eigenvalue weighted by molar-refractivity contribution is 0.363. The van der Waals surface area contributed by atoms with Crippen LogP contribution in [-0.2, 0) is 0 Å². The Hall–Kier alpha value is -3.18. The molecule has 1 aliphatic heterocycles. The fraction of sp³-hybridized carbons (Fsp3) is 0.333. The van der Waals surface area contributed by atoms with Gasteiger partial charge in [-0.2, -0.15) is 5.26 Å². The maximum Gasteiger partial charge on any atom is 0.266 e. The first kappa shape index (κ1) is 16.3. The van der Waals surface area contributed by atoms with E-state index >= 15 is 0 Å². The van der Waals surface area contributed by atoms with E-state index in [1.54, 1.807) is 30.5 Å². The van der Waals surface area contributed by atoms with Crippen molar-refractivity contribution in [3.05, 3.63) is 36.0 Å². The number of H-pyrrole nitrogens is 1. The molecule has 3 aromatic rings. The van der Waals surface area contributed by atoms with Gasteiger partial charge in [-0.3, -0.25) is 5.10 Å². The number of nitrogens with zero attached hydrogens (tertiary/aromatic N) is 5. The van der Waals surface area contributed by atoms with Crippen LogP contribution >= 0.6 is 0 Å². The second kappa shape index (κ2) is 6.28. The van der Waals surface area contributed by atoms with Crippen molar-refractivity contribution in [2.75, 3.05) is 18.0 Å². The maximum atomic E-state index is 9.18. The van der Waals surface area contributed by atoms with Crippen LogP contribution in [0, 0.1) is 11.3 Å². The Morgan fingerprint density at radius 2 is 2.08 bits per heavy atom. The van der Waals surface area contributed by atoms with Gasteiger partial charge in [0.1, 0.15) is 17.6 Å². The fourth-order valence-electron chi connectivity index (χ4n) is 2.99. The van der Waals surface area contributed by atoms with Gasteiger partial charge in [-0.1, -0.05) is 12.1 Å². The van der Waals surface area contributed by atoms with Crippen LogP contribution < -0.4 is 15.4 Å². The van der Waals surface area contributed by atoms with Crippen LogP contribution in [0.5, 0.6) is 11.6 Å². The van der Waals surface area contributed by atoms with E-state index in [1.165, 1.54) is 0 Å². The normalized spacial score (nSPS) is 16.4. The van der Waals surface area contributed by atoms with Crippen molar-refractivity contribution in [3.63, 3.8) is 0 Å². The van der Waals surface area contributed by atoms with E-state index in [9.17, 15) is 5.26 Å². The molecule has 3 N–H and O–H groups in total. The number of hydrogen-bond donors (Lipinski definition) is 2. The number of hydrogen-bond acceptors (Lipinski definition) is 7. The van der Waals surface area contributed by atoms with Crippen molar-refractivity contribution in [1.82, 2.24) is 20.2 Å². The molecule has 132 valence electrons. The molecule has 8 heteroatoms. The van der Waals surface area contributed by atoms with Gasteiger partial charge < -0.3 is 15.4 Å². The minimum absolute atomic E-state index is 0.114. The van der Waals surface area contributed by atoms with Crippen molar-refractivity contribution in [1.29, 1.82) is 5.26 Å². The van der Waals surface area contributed by atoms with Crippen LogP contribution in [0.1, 0.15) is 25.3 Å². The number of rotatable bonds is 3. The Morgan fingerprint density at radius 1 is 1.31 bits per heavy atom. The lowest BCUT2D eigenvalue weighted by atomic mass is 9.91. The second-order valence-corrected chi connectivity index (χ2v) is 6.81. The monoisotopic (exact) mass is 349 g/mol. The summed E-state index contributed by atoms with van der Waals surface area (Å²) < 4.78 is 5.77. The zero-order valence-corrected chi connectivity index (χ0v) is 14.4. The second-order valence-electron chi connectivity index (χ2n) is 6.81. The fourth-order valence-corrected chi connectivity index (χ4v) is 2.99. The van der Waals surface area contributed by atoms with Gasteiger partial charge in [0.25, 0.3) is 5.88 Å². The first-order valence-electron chi connectivity index (χ1n) is 8.48. The molecular weight excluding hydrogens is 330 g/mol. The van der Waals surface area contributed by atoms with Crippen LogP contribution in [0.2, 0.25) is 0 Å². The minimum atomic E-state index is -0.114. The van der Waals surface area contributed by atoms with Gasteiger partial charge in [-0.15, -0.1) is 5.10 Å². The number of nitriles is 1. The lowest BCUT2D eigenvalue weighted by Crippen LogP contribution is -2.48. The largest absolute Gasteiger partial charge is 0.435 e. The van der Waals surface area contributed by atoms with E-state index in [2.05, 4.69) is 38.1 Å². The molecule has 1 aliphatic rings. The van der Waals surface area contributed by atoms with E-state index in [1.807, 2.05) is 0 Å². The van der Waals surface area contributed by atoms with Crippen LogP contribution in [-0.4, -0.2) is 38.8 Å². The highest BCUT2D eigenvalue weighted by molar-refractivity contribution is 5.77. The maximum absolute atomic E-state index is 9.18. The number of aromatic amines is 1. The highest BCUT2D eigenvalue weighted by Crippen LogP contribution is 2.29. The first-order valence-corrected chi connectivity index (χ1v) is 8.48. The molecule has 0 unspecified atom stereocenters. The van der Waals surface area contributed by atoms with Gasteiger partial charge in [0, 0.05) is 18.6 Å². The third-order valence-corrected chi connectivity index (χ3v) is 4.67. The zero-order chi connectivity index (χ0) is 18.1. The average molecular weight is 349 g/mol. The number of fused-ring (bicyclic) bond motifs is 1. The van der Waals surface area contributed by atoms with Crippen LogP contribution in [0.4, 0.5) is 5.82 Å². The lowest BCUT2D eigenvalue weighted by Gasteiger charge is -2.37. The third-order valence-electron chi connectivity index (χ3n) is 4.67. The number of benzene rings is 1. The summed E-state index contributed by atoms with van der Waals surface area (Å²) in [4.78, 5) is 11.3. The number of anilines is 1. The average Bonchev–Trinajstić information content (AvgIpc) is 3.04. The molecule has 0 aliphatic carbocycles. The predicted molar refractivity (Wildman–Crippen MR) is 97.0 cm³/mol. The van der Waals surface area contributed by atoms with Crippen molar-refractivity contribution in [2.24, 2.45) is 5.73 Å². The number of ether oxygens (including phenoxy) is 1. The first-order chi connectivity index (χ1) is 12.6. The van der Waals surface area contributed by atoms with E-state index in [4.69, 9.17) is 10.5 Å². The quantitative estimate of drug-likeness (QED) is 0.745. The highest BCUT2D eigenvalue weighted by atomic mass is 16.5. The van der Waals surface area contributed by atoms with E-state index < -0.39 is 0 Å². The molecule has 2 aromatic heterocycles. The molecule has 0 saturated carbocycles. The molecule has 1 aromatic carbocycles. The molecule has 1 saturated heterocycles. The Morgan fingerprint density at radius 3 is 2.85 bits per heavy atom. The molecule has 3 heterocycles. The van der Waals surface area contributed by atoms with Gasteiger partial charge >= 0.3 is 0 Å². The van der Waals surface area contributed by atoms with Crippen LogP contribution in [0.3, 0.4) is 0 Å². The van der Waals surface area contributed by atoms with E-state index in [0.29, 0.717) is 28.4 Å². The zero-order valence-electron chi connectivity index (χ0n) is 14.4. The number of aromatic nitrogens is 4. The Balaban J connectivity index is 1.59. The third kappa shape index (κ3) is 3.05. The van der Waals surface area contributed by atoms with Crippen LogP contribution in [0.25, 0.3) is 11.2 Å². The van der Waals surface area contributed by atoms with Crippen molar-refractivity contribution < 1.29 is 4.74 Å². The molecule has 0 spiro atoms. The molecule has 1 fully saturated rings. The standard InChI is InChI=1S/C18H19N7O/c1-18(20)6-8-25(9-7-18)14-11-21-15-16(22-14)23-24-17(15)26-13-5-3-2-4-12(13)10-19/h2-5,11H,6-9,20H2,1H3,(H,22,23,24). The van der Waals surface area contributed by atoms with Gasteiger partial charge in [0.05, 0.1) is 11.8 Å². The molecule has 4 rings (SSSR count). The summed E-state index contributed by atoms with van der Waals surface area (Å²) in [6.07, 6.45) is 3.55. The number of piperidine rings is 1. The topological polar surface area (TPSA) is 117 Å². The SMILES string of the molecule is CC1(N)CCN(c2cnc3c(Oc4ccccc4C#N)n[nH]c3n2)CC1. The molecule has 0 bridgehead atoms. The van der Waals surface area contributed by atoms with Crippen molar-refractivity contribution >= 4 is 17.0 Å². The Labute approximate surface area is 150 Å². The molecular formula is C18H19N7O. The summed E-state index contributed by atoms with van der Waals surface area (Å²) in [5.74, 6) is 1.53. The molecule has 0 amide bonds. The van der Waals surface area contributed by atoms with Crippen LogP contribution in [0.15, 0.2) is 30.5 Å².